The zero-order valence-electron chi connectivity index (χ0n) is 11.8. The zero-order chi connectivity index (χ0) is 12.6. The van der Waals surface area contributed by atoms with Gasteiger partial charge in [0, 0.05) is 0 Å². The smallest absolute Gasteiger partial charge is 0.0708 e. The fourth-order valence-electron chi connectivity index (χ4n) is 2.20. The summed E-state index contributed by atoms with van der Waals surface area (Å²) in [6.45, 7) is 9.99. The average molecular weight is 243 g/mol. The molecule has 3 nitrogen and oxygen atoms in total. The van der Waals surface area contributed by atoms with Gasteiger partial charge in [-0.3, -0.25) is 0 Å². The minimum absolute atomic E-state index is 0.168. The van der Waals surface area contributed by atoms with Crippen LogP contribution in [-0.4, -0.2) is 38.0 Å². The predicted molar refractivity (Wildman–Crippen MR) is 71.4 cm³/mol. The van der Waals surface area contributed by atoms with Crippen molar-refractivity contribution in [1.82, 2.24) is 5.32 Å². The maximum absolute atomic E-state index is 6.03. The third-order valence-corrected chi connectivity index (χ3v) is 3.39. The number of ether oxygens (including phenoxy) is 2. The Balaban J connectivity index is 2.08. The molecule has 1 saturated carbocycles. The van der Waals surface area contributed by atoms with E-state index in [-0.39, 0.29) is 5.60 Å². The van der Waals surface area contributed by atoms with E-state index in [1.807, 2.05) is 0 Å². The van der Waals surface area contributed by atoms with Gasteiger partial charge < -0.3 is 14.8 Å². The van der Waals surface area contributed by atoms with E-state index in [4.69, 9.17) is 9.47 Å². The highest BCUT2D eigenvalue weighted by atomic mass is 16.5. The molecule has 0 aromatic heterocycles. The van der Waals surface area contributed by atoms with Crippen molar-refractivity contribution in [2.24, 2.45) is 0 Å². The number of rotatable bonds is 10. The molecule has 102 valence electrons. The second-order valence-electron chi connectivity index (χ2n) is 5.30. The molecule has 0 bridgehead atoms. The van der Waals surface area contributed by atoms with Crippen LogP contribution in [0, 0.1) is 0 Å². The van der Waals surface area contributed by atoms with E-state index in [1.165, 1.54) is 25.7 Å². The molecule has 0 aliphatic heterocycles. The zero-order valence-corrected chi connectivity index (χ0v) is 11.8. The predicted octanol–water partition coefficient (Wildman–Crippen LogP) is 2.74. The van der Waals surface area contributed by atoms with Gasteiger partial charge in [-0.15, -0.1) is 0 Å². The van der Waals surface area contributed by atoms with Crippen molar-refractivity contribution >= 4 is 0 Å². The Hall–Kier alpha value is -0.120. The summed E-state index contributed by atoms with van der Waals surface area (Å²) < 4.78 is 11.5. The Morgan fingerprint density at radius 1 is 1.18 bits per heavy atom. The second kappa shape index (κ2) is 8.06. The molecule has 0 amide bonds. The fraction of sp³-hybridized carbons (Fsp3) is 1.00. The first-order valence-electron chi connectivity index (χ1n) is 7.15. The van der Waals surface area contributed by atoms with Crippen molar-refractivity contribution in [2.45, 2.75) is 64.6 Å². The van der Waals surface area contributed by atoms with E-state index >= 15 is 0 Å². The third-order valence-electron chi connectivity index (χ3n) is 3.39. The molecule has 0 aromatic rings. The summed E-state index contributed by atoms with van der Waals surface area (Å²) >= 11 is 0. The highest BCUT2D eigenvalue weighted by molar-refractivity contribution is 4.90. The van der Waals surface area contributed by atoms with Crippen molar-refractivity contribution in [2.75, 3.05) is 26.3 Å². The minimum Gasteiger partial charge on any atom is -0.376 e. The first-order chi connectivity index (χ1) is 8.18. The molecule has 1 fully saturated rings. The SMILES string of the molecule is CCCNCCC1(OCCOC(C)C)CCC1. The van der Waals surface area contributed by atoms with Crippen LogP contribution < -0.4 is 5.32 Å². The van der Waals surface area contributed by atoms with E-state index in [2.05, 4.69) is 26.1 Å². The van der Waals surface area contributed by atoms with Gasteiger partial charge in [0.05, 0.1) is 24.9 Å². The Kier molecular flexibility index (Phi) is 7.09. The summed E-state index contributed by atoms with van der Waals surface area (Å²) in [5.74, 6) is 0. The summed E-state index contributed by atoms with van der Waals surface area (Å²) in [6, 6.07) is 0. The Morgan fingerprint density at radius 3 is 2.47 bits per heavy atom. The molecule has 1 aliphatic rings. The lowest BCUT2D eigenvalue weighted by Gasteiger charge is -2.42. The largest absolute Gasteiger partial charge is 0.376 e. The van der Waals surface area contributed by atoms with Crippen LogP contribution in [0.2, 0.25) is 0 Å². The van der Waals surface area contributed by atoms with E-state index < -0.39 is 0 Å². The van der Waals surface area contributed by atoms with Crippen LogP contribution in [0.3, 0.4) is 0 Å². The molecule has 0 aromatic carbocycles. The van der Waals surface area contributed by atoms with Gasteiger partial charge in [0.25, 0.3) is 0 Å². The minimum atomic E-state index is 0.168. The summed E-state index contributed by atoms with van der Waals surface area (Å²) in [5.41, 5.74) is 0.168. The Morgan fingerprint density at radius 2 is 1.94 bits per heavy atom. The van der Waals surface area contributed by atoms with Crippen LogP contribution in [0.4, 0.5) is 0 Å². The molecule has 0 heterocycles. The second-order valence-corrected chi connectivity index (χ2v) is 5.30. The van der Waals surface area contributed by atoms with Gasteiger partial charge in [-0.1, -0.05) is 6.92 Å². The molecule has 0 atom stereocenters. The topological polar surface area (TPSA) is 30.5 Å². The maximum Gasteiger partial charge on any atom is 0.0708 e. The lowest BCUT2D eigenvalue weighted by Crippen LogP contribution is -2.43. The highest BCUT2D eigenvalue weighted by Gasteiger charge is 2.37. The highest BCUT2D eigenvalue weighted by Crippen LogP contribution is 2.38. The van der Waals surface area contributed by atoms with Gasteiger partial charge in [-0.2, -0.15) is 0 Å². The molecule has 3 heteroatoms. The molecular weight excluding hydrogens is 214 g/mol. The molecule has 1 rings (SSSR count). The standard InChI is InChI=1S/C14H29NO2/c1-4-9-15-10-8-14(6-5-7-14)17-12-11-16-13(2)3/h13,15H,4-12H2,1-3H3. The van der Waals surface area contributed by atoms with Crippen LogP contribution in [-0.2, 0) is 9.47 Å². The van der Waals surface area contributed by atoms with Gasteiger partial charge in [0.2, 0.25) is 0 Å². The van der Waals surface area contributed by atoms with Crippen LogP contribution in [0.25, 0.3) is 0 Å². The molecule has 1 N–H and O–H groups in total. The average Bonchev–Trinajstić information content (AvgIpc) is 2.24. The molecule has 0 unspecified atom stereocenters. The van der Waals surface area contributed by atoms with Crippen molar-refractivity contribution in [3.63, 3.8) is 0 Å². The lowest BCUT2D eigenvalue weighted by atomic mass is 9.77. The first kappa shape index (κ1) is 14.9. The van der Waals surface area contributed by atoms with Crippen LogP contribution in [0.1, 0.15) is 52.9 Å². The van der Waals surface area contributed by atoms with Gasteiger partial charge in [-0.25, -0.2) is 0 Å². The summed E-state index contributed by atoms with van der Waals surface area (Å²) in [5, 5.41) is 3.46. The number of hydrogen-bond donors (Lipinski definition) is 1. The maximum atomic E-state index is 6.03. The van der Waals surface area contributed by atoms with E-state index in [9.17, 15) is 0 Å². The van der Waals surface area contributed by atoms with Gasteiger partial charge in [0.1, 0.15) is 0 Å². The molecule has 17 heavy (non-hydrogen) atoms. The lowest BCUT2D eigenvalue weighted by molar-refractivity contribution is -0.121. The van der Waals surface area contributed by atoms with E-state index in [1.54, 1.807) is 0 Å². The van der Waals surface area contributed by atoms with Crippen molar-refractivity contribution in [1.29, 1.82) is 0 Å². The van der Waals surface area contributed by atoms with Crippen molar-refractivity contribution in [3.05, 3.63) is 0 Å². The first-order valence-corrected chi connectivity index (χ1v) is 7.15. The molecule has 1 aliphatic carbocycles. The normalized spacial score (nSPS) is 18.4. The monoisotopic (exact) mass is 243 g/mol. The van der Waals surface area contributed by atoms with Crippen molar-refractivity contribution in [3.8, 4) is 0 Å². The van der Waals surface area contributed by atoms with E-state index in [0.717, 1.165) is 32.7 Å². The molecule has 0 spiro atoms. The van der Waals surface area contributed by atoms with Gasteiger partial charge >= 0.3 is 0 Å². The molecule has 0 saturated heterocycles. The van der Waals surface area contributed by atoms with Crippen LogP contribution >= 0.6 is 0 Å². The number of nitrogens with one attached hydrogen (secondary N) is 1. The summed E-state index contributed by atoms with van der Waals surface area (Å²) in [7, 11) is 0. The molecule has 0 radical (unpaired) electrons. The summed E-state index contributed by atoms with van der Waals surface area (Å²) in [6.07, 6.45) is 6.43. The third kappa shape index (κ3) is 5.84. The Labute approximate surface area is 106 Å². The van der Waals surface area contributed by atoms with Gasteiger partial charge in [0.15, 0.2) is 0 Å². The quantitative estimate of drug-likeness (QED) is 0.598. The number of hydrogen-bond acceptors (Lipinski definition) is 3. The van der Waals surface area contributed by atoms with E-state index in [0.29, 0.717) is 6.10 Å². The summed E-state index contributed by atoms with van der Waals surface area (Å²) in [4.78, 5) is 0. The van der Waals surface area contributed by atoms with Crippen LogP contribution in [0.15, 0.2) is 0 Å². The fourth-order valence-corrected chi connectivity index (χ4v) is 2.20. The van der Waals surface area contributed by atoms with Crippen molar-refractivity contribution < 1.29 is 9.47 Å². The Bertz CT molecular complexity index is 191. The van der Waals surface area contributed by atoms with Gasteiger partial charge in [-0.05, 0) is 59.0 Å². The molecular formula is C14H29NO2. The van der Waals surface area contributed by atoms with Crippen LogP contribution in [0.5, 0.6) is 0 Å².